The molecule has 1 aliphatic carbocycles. The van der Waals surface area contributed by atoms with Crippen molar-refractivity contribution in [2.24, 2.45) is 5.92 Å². The molecule has 0 radical (unpaired) electrons. The number of aliphatic hydroxyl groups is 1. The molecule has 0 saturated heterocycles. The van der Waals surface area contributed by atoms with Gasteiger partial charge in [-0.3, -0.25) is 0 Å². The SMILES string of the molecule is Cc1nc(CC(O)CC2CCCCC2)sc1C. The van der Waals surface area contributed by atoms with Gasteiger partial charge in [-0.25, -0.2) is 4.98 Å². The van der Waals surface area contributed by atoms with E-state index in [1.165, 1.54) is 37.0 Å². The summed E-state index contributed by atoms with van der Waals surface area (Å²) in [6.45, 7) is 4.15. The van der Waals surface area contributed by atoms with Crippen LogP contribution < -0.4 is 0 Å². The van der Waals surface area contributed by atoms with E-state index in [2.05, 4.69) is 11.9 Å². The lowest BCUT2D eigenvalue weighted by molar-refractivity contribution is 0.130. The predicted molar refractivity (Wildman–Crippen MR) is 72.5 cm³/mol. The summed E-state index contributed by atoms with van der Waals surface area (Å²) in [6.07, 6.45) is 8.24. The van der Waals surface area contributed by atoms with Crippen molar-refractivity contribution < 1.29 is 5.11 Å². The van der Waals surface area contributed by atoms with Gasteiger partial charge in [0.25, 0.3) is 0 Å². The quantitative estimate of drug-likeness (QED) is 0.888. The highest BCUT2D eigenvalue weighted by Gasteiger charge is 2.18. The topological polar surface area (TPSA) is 33.1 Å². The molecule has 1 N–H and O–H groups in total. The summed E-state index contributed by atoms with van der Waals surface area (Å²) in [5.74, 6) is 0.751. The Morgan fingerprint density at radius 1 is 1.29 bits per heavy atom. The van der Waals surface area contributed by atoms with E-state index in [-0.39, 0.29) is 6.10 Å². The summed E-state index contributed by atoms with van der Waals surface area (Å²) in [4.78, 5) is 5.78. The van der Waals surface area contributed by atoms with Crippen molar-refractivity contribution in [1.82, 2.24) is 4.98 Å². The van der Waals surface area contributed by atoms with Crippen molar-refractivity contribution in [2.45, 2.75) is 64.9 Å². The van der Waals surface area contributed by atoms with Crippen LogP contribution in [0.15, 0.2) is 0 Å². The zero-order valence-corrected chi connectivity index (χ0v) is 11.7. The van der Waals surface area contributed by atoms with Crippen molar-refractivity contribution in [3.8, 4) is 0 Å². The molecule has 17 heavy (non-hydrogen) atoms. The van der Waals surface area contributed by atoms with Crippen molar-refractivity contribution >= 4 is 11.3 Å². The fraction of sp³-hybridized carbons (Fsp3) is 0.786. The summed E-state index contributed by atoms with van der Waals surface area (Å²) in [7, 11) is 0. The van der Waals surface area contributed by atoms with Crippen molar-refractivity contribution in [1.29, 1.82) is 0 Å². The molecule has 2 rings (SSSR count). The van der Waals surface area contributed by atoms with Gasteiger partial charge in [-0.1, -0.05) is 32.1 Å². The number of thiazole rings is 1. The van der Waals surface area contributed by atoms with Gasteiger partial charge in [0.15, 0.2) is 0 Å². The molecule has 0 bridgehead atoms. The number of aromatic nitrogens is 1. The van der Waals surface area contributed by atoms with E-state index in [0.29, 0.717) is 0 Å². The van der Waals surface area contributed by atoms with Gasteiger partial charge in [0.2, 0.25) is 0 Å². The zero-order chi connectivity index (χ0) is 12.3. The van der Waals surface area contributed by atoms with Gasteiger partial charge in [0, 0.05) is 11.3 Å². The van der Waals surface area contributed by atoms with Crippen LogP contribution in [-0.2, 0) is 6.42 Å². The molecule has 0 amide bonds. The van der Waals surface area contributed by atoms with Crippen LogP contribution in [-0.4, -0.2) is 16.2 Å². The molecule has 1 unspecified atom stereocenters. The van der Waals surface area contributed by atoms with E-state index in [9.17, 15) is 5.11 Å². The maximum atomic E-state index is 10.1. The summed E-state index contributed by atoms with van der Waals surface area (Å²) >= 11 is 1.73. The zero-order valence-electron chi connectivity index (χ0n) is 10.9. The molecule has 0 spiro atoms. The Morgan fingerprint density at radius 3 is 2.59 bits per heavy atom. The van der Waals surface area contributed by atoms with Crippen LogP contribution in [0.5, 0.6) is 0 Å². The average molecular weight is 253 g/mol. The summed E-state index contributed by atoms with van der Waals surface area (Å²) in [6, 6.07) is 0. The first-order valence-corrected chi connectivity index (χ1v) is 7.57. The standard InChI is InChI=1S/C14H23NOS/c1-10-11(2)17-14(15-10)9-13(16)8-12-6-4-3-5-7-12/h12-13,16H,3-9H2,1-2H3. The van der Waals surface area contributed by atoms with Gasteiger partial charge < -0.3 is 5.11 Å². The van der Waals surface area contributed by atoms with Crippen molar-refractivity contribution in [2.75, 3.05) is 0 Å². The van der Waals surface area contributed by atoms with Gasteiger partial charge in [-0.05, 0) is 26.2 Å². The lowest BCUT2D eigenvalue weighted by atomic mass is 9.85. The number of hydrogen-bond acceptors (Lipinski definition) is 3. The molecule has 1 aliphatic rings. The fourth-order valence-corrected chi connectivity index (χ4v) is 3.72. The second kappa shape index (κ2) is 5.96. The van der Waals surface area contributed by atoms with E-state index in [1.807, 2.05) is 6.92 Å². The lowest BCUT2D eigenvalue weighted by Gasteiger charge is -2.23. The Kier molecular flexibility index (Phi) is 4.57. The van der Waals surface area contributed by atoms with Gasteiger partial charge >= 0.3 is 0 Å². The minimum Gasteiger partial charge on any atom is -0.393 e. The van der Waals surface area contributed by atoms with Crippen LogP contribution in [0.2, 0.25) is 0 Å². The van der Waals surface area contributed by atoms with Crippen LogP contribution in [0.3, 0.4) is 0 Å². The lowest BCUT2D eigenvalue weighted by Crippen LogP contribution is -2.18. The molecule has 3 heteroatoms. The minimum absolute atomic E-state index is 0.192. The Bertz CT molecular complexity index is 336. The number of rotatable bonds is 4. The van der Waals surface area contributed by atoms with E-state index >= 15 is 0 Å². The Hall–Kier alpha value is -0.410. The van der Waals surface area contributed by atoms with Gasteiger partial charge in [-0.2, -0.15) is 0 Å². The highest BCUT2D eigenvalue weighted by molar-refractivity contribution is 7.11. The van der Waals surface area contributed by atoms with Crippen LogP contribution in [0.25, 0.3) is 0 Å². The van der Waals surface area contributed by atoms with E-state index in [1.54, 1.807) is 11.3 Å². The molecule has 1 heterocycles. The second-order valence-corrected chi connectivity index (χ2v) is 6.63. The maximum Gasteiger partial charge on any atom is 0.0956 e. The Labute approximate surface area is 108 Å². The van der Waals surface area contributed by atoms with E-state index < -0.39 is 0 Å². The molecule has 0 aromatic carbocycles. The summed E-state index contributed by atoms with van der Waals surface area (Å²) in [5.41, 5.74) is 1.12. The molecule has 2 nitrogen and oxygen atoms in total. The summed E-state index contributed by atoms with van der Waals surface area (Å²) in [5, 5.41) is 11.2. The van der Waals surface area contributed by atoms with Crippen LogP contribution in [0.4, 0.5) is 0 Å². The molecule has 1 aromatic heterocycles. The minimum atomic E-state index is -0.192. The summed E-state index contributed by atoms with van der Waals surface area (Å²) < 4.78 is 0. The van der Waals surface area contributed by atoms with Crippen molar-refractivity contribution in [3.63, 3.8) is 0 Å². The predicted octanol–water partition coefficient (Wildman–Crippen LogP) is 3.63. The Balaban J connectivity index is 1.81. The molecule has 96 valence electrons. The Morgan fingerprint density at radius 2 is 2.00 bits per heavy atom. The third-order valence-electron chi connectivity index (χ3n) is 3.81. The largest absolute Gasteiger partial charge is 0.393 e. The molecule has 1 saturated carbocycles. The molecule has 0 aliphatic heterocycles. The van der Waals surface area contributed by atoms with Gasteiger partial charge in [0.1, 0.15) is 0 Å². The average Bonchev–Trinajstić information content (AvgIpc) is 2.59. The highest BCUT2D eigenvalue weighted by atomic mass is 32.1. The molecular weight excluding hydrogens is 230 g/mol. The molecule has 1 atom stereocenters. The fourth-order valence-electron chi connectivity index (χ4n) is 2.72. The van der Waals surface area contributed by atoms with Crippen molar-refractivity contribution in [3.05, 3.63) is 15.6 Å². The monoisotopic (exact) mass is 253 g/mol. The smallest absolute Gasteiger partial charge is 0.0956 e. The van der Waals surface area contributed by atoms with E-state index in [4.69, 9.17) is 0 Å². The molecular formula is C14H23NOS. The van der Waals surface area contributed by atoms with Gasteiger partial charge in [-0.15, -0.1) is 11.3 Å². The van der Waals surface area contributed by atoms with Crippen LogP contribution in [0.1, 0.15) is 54.1 Å². The third-order valence-corrected chi connectivity index (χ3v) is 4.91. The molecule has 1 fully saturated rings. The second-order valence-electron chi connectivity index (χ2n) is 5.35. The normalized spacial score (nSPS) is 19.5. The first-order chi connectivity index (χ1) is 8.15. The first-order valence-electron chi connectivity index (χ1n) is 6.76. The maximum absolute atomic E-state index is 10.1. The number of aryl methyl sites for hydroxylation is 2. The highest BCUT2D eigenvalue weighted by Crippen LogP contribution is 2.28. The molecule has 1 aromatic rings. The third kappa shape index (κ3) is 3.78. The first kappa shape index (κ1) is 13.0. The number of aliphatic hydroxyl groups excluding tert-OH is 1. The number of nitrogens with zero attached hydrogens (tertiary/aromatic N) is 1. The number of hydrogen-bond donors (Lipinski definition) is 1. The van der Waals surface area contributed by atoms with Crippen LogP contribution in [0, 0.1) is 19.8 Å². The van der Waals surface area contributed by atoms with Gasteiger partial charge in [0.05, 0.1) is 16.8 Å². The van der Waals surface area contributed by atoms with E-state index in [0.717, 1.165) is 29.5 Å². The van der Waals surface area contributed by atoms with Crippen LogP contribution >= 0.6 is 11.3 Å².